The first-order chi connectivity index (χ1) is 16.5. The van der Waals surface area contributed by atoms with Crippen molar-refractivity contribution in [1.82, 2.24) is 24.1 Å². The van der Waals surface area contributed by atoms with Crippen molar-refractivity contribution in [3.8, 4) is 5.69 Å². The number of ether oxygens (including phenoxy) is 1. The fourth-order valence-corrected chi connectivity index (χ4v) is 4.64. The maximum absolute atomic E-state index is 13.7. The van der Waals surface area contributed by atoms with E-state index in [1.54, 1.807) is 7.11 Å². The molecule has 0 bridgehead atoms. The fraction of sp³-hybridized carbons (Fsp3) is 0.500. The van der Waals surface area contributed by atoms with Gasteiger partial charge in [0.25, 0.3) is 0 Å². The van der Waals surface area contributed by atoms with Gasteiger partial charge in [0, 0.05) is 77.4 Å². The lowest BCUT2D eigenvalue weighted by Gasteiger charge is -2.36. The number of piperazine rings is 1. The highest BCUT2D eigenvalue weighted by atomic mass is 19.1. The van der Waals surface area contributed by atoms with Gasteiger partial charge in [-0.3, -0.25) is 4.90 Å². The summed E-state index contributed by atoms with van der Waals surface area (Å²) in [6.45, 7) is 12.4. The van der Waals surface area contributed by atoms with Crippen LogP contribution in [0.15, 0.2) is 42.6 Å². The lowest BCUT2D eigenvalue weighted by atomic mass is 10.1. The summed E-state index contributed by atoms with van der Waals surface area (Å²) in [5.41, 5.74) is 4.37. The van der Waals surface area contributed by atoms with Crippen molar-refractivity contribution in [3.63, 3.8) is 0 Å². The van der Waals surface area contributed by atoms with E-state index in [-0.39, 0.29) is 5.82 Å². The Hall–Kier alpha value is -2.68. The highest BCUT2D eigenvalue weighted by molar-refractivity contribution is 5.55. The molecule has 0 radical (unpaired) electrons. The molecule has 0 amide bonds. The summed E-state index contributed by atoms with van der Waals surface area (Å²) in [4.78, 5) is 7.34. The van der Waals surface area contributed by atoms with Gasteiger partial charge in [0.05, 0.1) is 18.0 Å². The highest BCUT2D eigenvalue weighted by Crippen LogP contribution is 2.30. The second kappa shape index (κ2) is 11.2. The number of aryl methyl sites for hydroxylation is 2. The Morgan fingerprint density at radius 1 is 1.06 bits per heavy atom. The molecule has 2 aromatic heterocycles. The Labute approximate surface area is 202 Å². The molecule has 0 spiro atoms. The lowest BCUT2D eigenvalue weighted by Crippen LogP contribution is -2.47. The summed E-state index contributed by atoms with van der Waals surface area (Å²) >= 11 is 0. The van der Waals surface area contributed by atoms with E-state index in [1.165, 1.54) is 23.4 Å². The van der Waals surface area contributed by atoms with Crippen molar-refractivity contribution >= 4 is 5.82 Å². The van der Waals surface area contributed by atoms with Crippen LogP contribution in [0.3, 0.4) is 0 Å². The van der Waals surface area contributed by atoms with Gasteiger partial charge < -0.3 is 19.1 Å². The van der Waals surface area contributed by atoms with E-state index >= 15 is 0 Å². The zero-order valence-electron chi connectivity index (χ0n) is 20.9. The SMILES string of the molecule is CCN1CCN(c2c(CN(CCOC)Cc3cccn3C)c(C)nn2-c2ccc(F)cc2)CC1. The van der Waals surface area contributed by atoms with Gasteiger partial charge >= 0.3 is 0 Å². The number of benzene rings is 1. The predicted molar refractivity (Wildman–Crippen MR) is 134 cm³/mol. The quantitative estimate of drug-likeness (QED) is 0.456. The average molecular weight is 469 g/mol. The first kappa shape index (κ1) is 24.4. The summed E-state index contributed by atoms with van der Waals surface area (Å²) < 4.78 is 23.3. The molecule has 1 fully saturated rings. The van der Waals surface area contributed by atoms with Gasteiger partial charge in [-0.15, -0.1) is 0 Å². The zero-order chi connectivity index (χ0) is 24.1. The van der Waals surface area contributed by atoms with Gasteiger partial charge in [0.1, 0.15) is 11.6 Å². The van der Waals surface area contributed by atoms with Crippen LogP contribution in [0.2, 0.25) is 0 Å². The number of rotatable bonds is 10. The van der Waals surface area contributed by atoms with Crippen LogP contribution >= 0.6 is 0 Å². The molecule has 0 atom stereocenters. The van der Waals surface area contributed by atoms with Crippen LogP contribution in [0.5, 0.6) is 0 Å². The molecule has 1 saturated heterocycles. The second-order valence-corrected chi connectivity index (χ2v) is 9.01. The van der Waals surface area contributed by atoms with Crippen LogP contribution < -0.4 is 4.90 Å². The van der Waals surface area contributed by atoms with Crippen molar-refractivity contribution in [2.45, 2.75) is 26.9 Å². The van der Waals surface area contributed by atoms with E-state index in [2.05, 4.69) is 58.5 Å². The van der Waals surface area contributed by atoms with Crippen molar-refractivity contribution in [3.05, 3.63) is 65.4 Å². The highest BCUT2D eigenvalue weighted by Gasteiger charge is 2.26. The van der Waals surface area contributed by atoms with Crippen LogP contribution in [0.1, 0.15) is 23.9 Å². The molecule has 0 N–H and O–H groups in total. The minimum Gasteiger partial charge on any atom is -0.383 e. The molecule has 1 aromatic carbocycles. The minimum atomic E-state index is -0.237. The van der Waals surface area contributed by atoms with E-state index in [0.717, 1.165) is 69.6 Å². The number of methoxy groups -OCH3 is 1. The molecule has 1 aliphatic rings. The molecule has 1 aliphatic heterocycles. The average Bonchev–Trinajstić information content (AvgIpc) is 3.40. The third-order valence-electron chi connectivity index (χ3n) is 6.78. The maximum Gasteiger partial charge on any atom is 0.137 e. The van der Waals surface area contributed by atoms with Gasteiger partial charge in [-0.2, -0.15) is 5.10 Å². The molecule has 0 unspecified atom stereocenters. The first-order valence-electron chi connectivity index (χ1n) is 12.1. The van der Waals surface area contributed by atoms with E-state index in [4.69, 9.17) is 9.84 Å². The van der Waals surface area contributed by atoms with E-state index < -0.39 is 0 Å². The molecule has 0 saturated carbocycles. The smallest absolute Gasteiger partial charge is 0.137 e. The second-order valence-electron chi connectivity index (χ2n) is 9.01. The first-order valence-corrected chi connectivity index (χ1v) is 12.1. The van der Waals surface area contributed by atoms with Crippen molar-refractivity contribution < 1.29 is 9.13 Å². The Morgan fingerprint density at radius 2 is 1.79 bits per heavy atom. The molecule has 3 heterocycles. The van der Waals surface area contributed by atoms with Crippen molar-refractivity contribution in [2.75, 3.05) is 57.9 Å². The molecule has 0 aliphatic carbocycles. The molecule has 7 nitrogen and oxygen atoms in total. The third kappa shape index (κ3) is 5.51. The number of anilines is 1. The molecule has 34 heavy (non-hydrogen) atoms. The number of nitrogens with zero attached hydrogens (tertiary/aromatic N) is 6. The monoisotopic (exact) mass is 468 g/mol. The molecule has 4 rings (SSSR count). The van der Waals surface area contributed by atoms with E-state index in [0.29, 0.717) is 6.61 Å². The lowest BCUT2D eigenvalue weighted by molar-refractivity contribution is 0.138. The van der Waals surface area contributed by atoms with Crippen LogP contribution in [-0.2, 0) is 24.9 Å². The Balaban J connectivity index is 1.69. The fourth-order valence-electron chi connectivity index (χ4n) is 4.64. The topological polar surface area (TPSA) is 41.7 Å². The maximum atomic E-state index is 13.7. The Bertz CT molecular complexity index is 1050. The number of hydrogen-bond donors (Lipinski definition) is 0. The summed E-state index contributed by atoms with van der Waals surface area (Å²) in [7, 11) is 3.83. The van der Waals surface area contributed by atoms with Gasteiger partial charge in [-0.05, 0) is 49.9 Å². The van der Waals surface area contributed by atoms with Crippen LogP contribution in [0, 0.1) is 12.7 Å². The Morgan fingerprint density at radius 3 is 2.41 bits per heavy atom. The van der Waals surface area contributed by atoms with Crippen molar-refractivity contribution in [2.24, 2.45) is 7.05 Å². The van der Waals surface area contributed by atoms with Gasteiger partial charge in [-0.1, -0.05) is 6.92 Å². The summed E-state index contributed by atoms with van der Waals surface area (Å²) in [5, 5.41) is 4.95. The molecule has 8 heteroatoms. The van der Waals surface area contributed by atoms with Gasteiger partial charge in [-0.25, -0.2) is 9.07 Å². The summed E-state index contributed by atoms with van der Waals surface area (Å²) in [5.74, 6) is 0.883. The van der Waals surface area contributed by atoms with E-state index in [1.807, 2.05) is 16.8 Å². The summed E-state index contributed by atoms with van der Waals surface area (Å²) in [6, 6.07) is 10.9. The third-order valence-corrected chi connectivity index (χ3v) is 6.78. The van der Waals surface area contributed by atoms with Crippen LogP contribution in [0.25, 0.3) is 5.69 Å². The van der Waals surface area contributed by atoms with Crippen molar-refractivity contribution in [1.29, 1.82) is 0 Å². The number of hydrogen-bond acceptors (Lipinski definition) is 5. The molecular formula is C26H37FN6O. The molecule has 184 valence electrons. The van der Waals surface area contributed by atoms with Crippen LogP contribution in [-0.4, -0.2) is 77.1 Å². The Kier molecular flexibility index (Phi) is 8.03. The normalized spacial score (nSPS) is 14.9. The largest absolute Gasteiger partial charge is 0.383 e. The van der Waals surface area contributed by atoms with Gasteiger partial charge in [0.15, 0.2) is 0 Å². The zero-order valence-corrected chi connectivity index (χ0v) is 20.9. The number of halogens is 1. The number of aromatic nitrogens is 3. The molecule has 3 aromatic rings. The molecular weight excluding hydrogens is 431 g/mol. The predicted octanol–water partition coefficient (Wildman–Crippen LogP) is 3.45. The summed E-state index contributed by atoms with van der Waals surface area (Å²) in [6.07, 6.45) is 2.08. The number of likely N-dealkylation sites (N-methyl/N-ethyl adjacent to an activating group) is 1. The van der Waals surface area contributed by atoms with Gasteiger partial charge in [0.2, 0.25) is 0 Å². The van der Waals surface area contributed by atoms with Crippen LogP contribution in [0.4, 0.5) is 10.2 Å². The van der Waals surface area contributed by atoms with E-state index in [9.17, 15) is 4.39 Å². The standard InChI is InChI=1S/C26H37FN6O/c1-5-30-13-15-32(16-14-30)26-25(21(2)28-33(26)23-10-8-22(27)9-11-23)20-31(17-18-34-4)19-24-7-6-12-29(24)3/h6-12H,5,13-20H2,1-4H3. The minimum absolute atomic E-state index is 0.237.